The Morgan fingerprint density at radius 1 is 1.33 bits per heavy atom. The first-order valence-corrected chi connectivity index (χ1v) is 7.15. The first-order valence-electron chi connectivity index (χ1n) is 5.54. The Bertz CT molecular complexity index is 688. The molecule has 0 aromatic carbocycles. The van der Waals surface area contributed by atoms with E-state index in [0.29, 0.717) is 5.95 Å². The van der Waals surface area contributed by atoms with Gasteiger partial charge in [0.15, 0.2) is 0 Å². The van der Waals surface area contributed by atoms with Crippen LogP contribution in [-0.4, -0.2) is 14.5 Å². The minimum Gasteiger partial charge on any atom is -0.369 e. The summed E-state index contributed by atoms with van der Waals surface area (Å²) in [7, 11) is 0. The van der Waals surface area contributed by atoms with Gasteiger partial charge in [-0.3, -0.25) is 4.98 Å². The van der Waals surface area contributed by atoms with Crippen molar-refractivity contribution >= 4 is 44.2 Å². The summed E-state index contributed by atoms with van der Waals surface area (Å²) >= 11 is 5.22. The van der Waals surface area contributed by atoms with Gasteiger partial charge in [-0.25, -0.2) is 4.98 Å². The third-order valence-electron chi connectivity index (χ3n) is 2.79. The van der Waals surface area contributed by atoms with Gasteiger partial charge in [-0.15, -0.1) is 11.3 Å². The van der Waals surface area contributed by atoms with Crippen LogP contribution < -0.4 is 5.73 Å². The number of nitrogen functional groups attached to an aromatic ring is 1. The Morgan fingerprint density at radius 3 is 3.00 bits per heavy atom. The van der Waals surface area contributed by atoms with Gasteiger partial charge in [-0.2, -0.15) is 0 Å². The largest absolute Gasteiger partial charge is 0.369 e. The molecule has 0 saturated carbocycles. The first kappa shape index (κ1) is 11.7. The molecule has 0 radical (unpaired) electrons. The fourth-order valence-corrected chi connectivity index (χ4v) is 3.42. The molecule has 18 heavy (non-hydrogen) atoms. The fourth-order valence-electron chi connectivity index (χ4n) is 1.94. The van der Waals surface area contributed by atoms with E-state index in [1.54, 1.807) is 23.7 Å². The number of anilines is 1. The van der Waals surface area contributed by atoms with Crippen molar-refractivity contribution in [1.82, 2.24) is 14.5 Å². The summed E-state index contributed by atoms with van der Waals surface area (Å²) in [6, 6.07) is 6.15. The molecular formula is C12H11BrN4S. The van der Waals surface area contributed by atoms with Crippen LogP contribution in [0.1, 0.15) is 4.88 Å². The average molecular weight is 323 g/mol. The van der Waals surface area contributed by atoms with Crippen molar-refractivity contribution in [2.24, 2.45) is 0 Å². The summed E-state index contributed by atoms with van der Waals surface area (Å²) in [5.41, 5.74) is 7.83. The molecule has 0 fully saturated rings. The first-order chi connectivity index (χ1) is 8.74. The Labute approximate surface area is 117 Å². The molecule has 0 aliphatic heterocycles. The van der Waals surface area contributed by atoms with Crippen LogP contribution in [0.5, 0.6) is 0 Å². The Kier molecular flexibility index (Phi) is 3.05. The van der Waals surface area contributed by atoms with E-state index in [4.69, 9.17) is 5.73 Å². The lowest BCUT2D eigenvalue weighted by molar-refractivity contribution is 0.732. The number of imidazole rings is 1. The minimum atomic E-state index is 0.550. The van der Waals surface area contributed by atoms with Gasteiger partial charge in [0.05, 0.1) is 15.5 Å². The van der Waals surface area contributed by atoms with Gasteiger partial charge in [0.25, 0.3) is 0 Å². The Hall–Kier alpha value is -1.40. The van der Waals surface area contributed by atoms with Gasteiger partial charge in [-0.1, -0.05) is 0 Å². The highest BCUT2D eigenvalue weighted by Gasteiger charge is 2.08. The number of aryl methyl sites for hydroxylation is 2. The molecule has 0 bridgehead atoms. The highest BCUT2D eigenvalue weighted by atomic mass is 79.9. The Balaban J connectivity index is 1.88. The van der Waals surface area contributed by atoms with Crippen LogP contribution in [0.25, 0.3) is 11.0 Å². The second kappa shape index (κ2) is 4.70. The number of aromatic nitrogens is 3. The summed E-state index contributed by atoms with van der Waals surface area (Å²) in [6.07, 6.45) is 4.46. The van der Waals surface area contributed by atoms with Crippen LogP contribution >= 0.6 is 27.3 Å². The number of thiophene rings is 1. The number of hydrogen-bond donors (Lipinski definition) is 1. The van der Waals surface area contributed by atoms with E-state index in [1.807, 2.05) is 10.6 Å². The van der Waals surface area contributed by atoms with Crippen molar-refractivity contribution in [1.29, 1.82) is 0 Å². The summed E-state index contributed by atoms with van der Waals surface area (Å²) in [6.45, 7) is 0.833. The predicted octanol–water partition coefficient (Wildman–Crippen LogP) is 3.08. The van der Waals surface area contributed by atoms with Crippen molar-refractivity contribution in [3.8, 4) is 0 Å². The van der Waals surface area contributed by atoms with Crippen LogP contribution in [0.4, 0.5) is 5.95 Å². The molecule has 92 valence electrons. The topological polar surface area (TPSA) is 56.7 Å². The van der Waals surface area contributed by atoms with E-state index in [9.17, 15) is 0 Å². The van der Waals surface area contributed by atoms with Crippen LogP contribution in [0, 0.1) is 0 Å². The number of nitrogens with two attached hydrogens (primary N) is 1. The molecule has 3 aromatic rings. The smallest absolute Gasteiger partial charge is 0.201 e. The molecule has 0 atom stereocenters. The van der Waals surface area contributed by atoms with E-state index >= 15 is 0 Å². The highest BCUT2D eigenvalue weighted by Crippen LogP contribution is 2.24. The van der Waals surface area contributed by atoms with Crippen molar-refractivity contribution in [3.63, 3.8) is 0 Å². The third kappa shape index (κ3) is 2.13. The molecule has 3 heterocycles. The van der Waals surface area contributed by atoms with E-state index in [1.165, 1.54) is 4.88 Å². The lowest BCUT2D eigenvalue weighted by atomic mass is 10.3. The van der Waals surface area contributed by atoms with E-state index in [0.717, 1.165) is 27.8 Å². The maximum Gasteiger partial charge on any atom is 0.201 e. The van der Waals surface area contributed by atoms with Crippen molar-refractivity contribution < 1.29 is 0 Å². The van der Waals surface area contributed by atoms with Crippen LogP contribution in [-0.2, 0) is 13.0 Å². The summed E-state index contributed by atoms with van der Waals surface area (Å²) in [5.74, 6) is 0.550. The second-order valence-corrected chi connectivity index (χ2v) is 6.49. The quantitative estimate of drug-likeness (QED) is 0.806. The number of pyridine rings is 1. The SMILES string of the molecule is Nc1nc2cnccc2n1CCc1ccc(Br)s1. The third-order valence-corrected chi connectivity index (χ3v) is 4.47. The number of fused-ring (bicyclic) bond motifs is 1. The molecule has 0 unspecified atom stereocenters. The second-order valence-electron chi connectivity index (χ2n) is 3.94. The van der Waals surface area contributed by atoms with Crippen LogP contribution in [0.3, 0.4) is 0 Å². The molecule has 6 heteroatoms. The van der Waals surface area contributed by atoms with Crippen LogP contribution in [0.2, 0.25) is 0 Å². The van der Waals surface area contributed by atoms with Crippen molar-refractivity contribution in [3.05, 3.63) is 39.3 Å². The number of hydrogen-bond acceptors (Lipinski definition) is 4. The standard InChI is InChI=1S/C12H11BrN4S/c13-11-2-1-8(18-11)4-6-17-10-3-5-15-7-9(10)16-12(17)14/h1-3,5,7H,4,6H2,(H2,14,16). The zero-order chi connectivity index (χ0) is 12.5. The average Bonchev–Trinajstić information content (AvgIpc) is 2.90. The predicted molar refractivity (Wildman–Crippen MR) is 77.7 cm³/mol. The minimum absolute atomic E-state index is 0.550. The van der Waals surface area contributed by atoms with E-state index in [2.05, 4.69) is 38.0 Å². The summed E-state index contributed by atoms with van der Waals surface area (Å²) < 4.78 is 3.19. The van der Waals surface area contributed by atoms with Gasteiger partial charge in [0, 0.05) is 17.6 Å². The maximum atomic E-state index is 5.94. The Morgan fingerprint density at radius 2 is 2.22 bits per heavy atom. The zero-order valence-electron chi connectivity index (χ0n) is 9.51. The normalized spacial score (nSPS) is 11.2. The molecule has 3 aromatic heterocycles. The number of halogens is 1. The number of rotatable bonds is 3. The summed E-state index contributed by atoms with van der Waals surface area (Å²) in [5, 5.41) is 0. The molecular weight excluding hydrogens is 312 g/mol. The molecule has 0 spiro atoms. The van der Waals surface area contributed by atoms with Crippen molar-refractivity contribution in [2.75, 3.05) is 5.73 Å². The van der Waals surface area contributed by atoms with Crippen molar-refractivity contribution in [2.45, 2.75) is 13.0 Å². The molecule has 2 N–H and O–H groups in total. The van der Waals surface area contributed by atoms with Gasteiger partial charge in [-0.05, 0) is 40.5 Å². The molecule has 0 saturated heterocycles. The molecule has 0 aliphatic rings. The zero-order valence-corrected chi connectivity index (χ0v) is 11.9. The lowest BCUT2D eigenvalue weighted by Crippen LogP contribution is -2.05. The van der Waals surface area contributed by atoms with Gasteiger partial charge in [0.2, 0.25) is 5.95 Å². The highest BCUT2D eigenvalue weighted by molar-refractivity contribution is 9.11. The van der Waals surface area contributed by atoms with Gasteiger partial charge < -0.3 is 10.3 Å². The van der Waals surface area contributed by atoms with Gasteiger partial charge >= 0.3 is 0 Å². The lowest BCUT2D eigenvalue weighted by Gasteiger charge is -2.04. The van der Waals surface area contributed by atoms with Crippen LogP contribution in [0.15, 0.2) is 34.4 Å². The fraction of sp³-hybridized carbons (Fsp3) is 0.167. The maximum absolute atomic E-state index is 5.94. The molecule has 0 aliphatic carbocycles. The van der Waals surface area contributed by atoms with Gasteiger partial charge in [0.1, 0.15) is 5.52 Å². The monoisotopic (exact) mass is 322 g/mol. The number of nitrogens with zero attached hydrogens (tertiary/aromatic N) is 3. The van der Waals surface area contributed by atoms with E-state index in [-0.39, 0.29) is 0 Å². The summed E-state index contributed by atoms with van der Waals surface area (Å²) in [4.78, 5) is 9.69. The van der Waals surface area contributed by atoms with E-state index < -0.39 is 0 Å². The molecule has 4 nitrogen and oxygen atoms in total. The molecule has 3 rings (SSSR count). The molecule has 0 amide bonds.